The minimum Gasteiger partial charge on any atom is -0.369 e. The second-order valence-electron chi connectivity index (χ2n) is 4.90. The number of hydrogen-bond donors (Lipinski definition) is 2. The highest BCUT2D eigenvalue weighted by atomic mass is 16.2. The summed E-state index contributed by atoms with van der Waals surface area (Å²) in [5.41, 5.74) is 11.7. The largest absolute Gasteiger partial charge is 0.369 e. The van der Waals surface area contributed by atoms with Gasteiger partial charge in [-0.1, -0.05) is 11.8 Å². The first-order valence-corrected chi connectivity index (χ1v) is 6.85. The average Bonchev–Trinajstić information content (AvgIpc) is 2.52. The van der Waals surface area contributed by atoms with Crippen LogP contribution >= 0.6 is 0 Å². The quantitative estimate of drug-likeness (QED) is 0.730. The summed E-state index contributed by atoms with van der Waals surface area (Å²) in [5.74, 6) is 5.07. The molecular formula is C15H18N4O2. The van der Waals surface area contributed by atoms with Crippen molar-refractivity contribution < 1.29 is 9.59 Å². The van der Waals surface area contributed by atoms with Gasteiger partial charge in [-0.25, -0.2) is 0 Å². The number of amides is 2. The van der Waals surface area contributed by atoms with Crippen LogP contribution in [0.3, 0.4) is 0 Å². The highest BCUT2D eigenvalue weighted by Crippen LogP contribution is 2.19. The van der Waals surface area contributed by atoms with Gasteiger partial charge in [0, 0.05) is 31.4 Å². The Morgan fingerprint density at radius 2 is 2.10 bits per heavy atom. The normalized spacial score (nSPS) is 15.2. The lowest BCUT2D eigenvalue weighted by Crippen LogP contribution is -2.41. The van der Waals surface area contributed by atoms with Crippen LogP contribution in [0.1, 0.15) is 28.8 Å². The summed E-state index contributed by atoms with van der Waals surface area (Å²) in [7, 11) is 0. The molecule has 1 fully saturated rings. The molecule has 2 rings (SSSR count). The van der Waals surface area contributed by atoms with Crippen molar-refractivity contribution in [3.05, 3.63) is 29.6 Å². The molecule has 110 valence electrons. The standard InChI is InChI=1S/C15H18N4O2/c16-6-1-2-12-10-18-7-3-13(12)15(21)19-8-4-11(5-9-19)14(17)20/h3,7,10-11H,4-6,8-9,16H2,(H2,17,20). The van der Waals surface area contributed by atoms with Crippen molar-refractivity contribution >= 4 is 11.8 Å². The van der Waals surface area contributed by atoms with E-state index in [1.165, 1.54) is 0 Å². The summed E-state index contributed by atoms with van der Waals surface area (Å²) >= 11 is 0. The van der Waals surface area contributed by atoms with Crippen molar-refractivity contribution in [1.82, 2.24) is 9.88 Å². The van der Waals surface area contributed by atoms with Crippen LogP contribution in [0.5, 0.6) is 0 Å². The highest BCUT2D eigenvalue weighted by Gasteiger charge is 2.27. The first kappa shape index (κ1) is 15.0. The van der Waals surface area contributed by atoms with E-state index >= 15 is 0 Å². The van der Waals surface area contributed by atoms with Crippen LogP contribution in [-0.4, -0.2) is 41.3 Å². The highest BCUT2D eigenvalue weighted by molar-refractivity contribution is 5.96. The smallest absolute Gasteiger partial charge is 0.255 e. The number of rotatable bonds is 2. The molecule has 4 N–H and O–H groups in total. The van der Waals surface area contributed by atoms with E-state index in [1.807, 2.05) is 0 Å². The summed E-state index contributed by atoms with van der Waals surface area (Å²) < 4.78 is 0. The Bertz CT molecular complexity index is 595. The molecule has 6 heteroatoms. The summed E-state index contributed by atoms with van der Waals surface area (Å²) in [5, 5.41) is 0. The SMILES string of the molecule is NCC#Cc1cnccc1C(=O)N1CCC(C(N)=O)CC1. The average molecular weight is 286 g/mol. The molecule has 0 aliphatic carbocycles. The molecule has 0 atom stereocenters. The lowest BCUT2D eigenvalue weighted by Gasteiger charge is -2.30. The van der Waals surface area contributed by atoms with E-state index in [-0.39, 0.29) is 24.3 Å². The lowest BCUT2D eigenvalue weighted by molar-refractivity contribution is -0.123. The van der Waals surface area contributed by atoms with Crippen molar-refractivity contribution in [2.75, 3.05) is 19.6 Å². The van der Waals surface area contributed by atoms with Gasteiger partial charge in [-0.15, -0.1) is 0 Å². The summed E-state index contributed by atoms with van der Waals surface area (Å²) in [6, 6.07) is 1.66. The van der Waals surface area contributed by atoms with Gasteiger partial charge < -0.3 is 16.4 Å². The number of piperidine rings is 1. The number of nitrogens with two attached hydrogens (primary N) is 2. The van der Waals surface area contributed by atoms with Crippen LogP contribution in [0.25, 0.3) is 0 Å². The van der Waals surface area contributed by atoms with E-state index in [4.69, 9.17) is 11.5 Å². The number of nitrogens with zero attached hydrogens (tertiary/aromatic N) is 2. The Kier molecular flexibility index (Phi) is 4.90. The number of primary amides is 1. The molecule has 1 aromatic heterocycles. The Morgan fingerprint density at radius 3 is 2.71 bits per heavy atom. The third kappa shape index (κ3) is 3.58. The maximum atomic E-state index is 12.5. The number of likely N-dealkylation sites (tertiary alicyclic amines) is 1. The number of aromatic nitrogens is 1. The maximum absolute atomic E-state index is 12.5. The fourth-order valence-corrected chi connectivity index (χ4v) is 2.36. The van der Waals surface area contributed by atoms with Gasteiger partial charge in [0.15, 0.2) is 0 Å². The van der Waals surface area contributed by atoms with Crippen LogP contribution in [-0.2, 0) is 4.79 Å². The van der Waals surface area contributed by atoms with Crippen molar-refractivity contribution in [3.63, 3.8) is 0 Å². The van der Waals surface area contributed by atoms with Crippen molar-refractivity contribution in [1.29, 1.82) is 0 Å². The molecular weight excluding hydrogens is 268 g/mol. The van der Waals surface area contributed by atoms with E-state index in [1.54, 1.807) is 23.4 Å². The molecule has 2 heterocycles. The van der Waals surface area contributed by atoms with Gasteiger partial charge in [0.2, 0.25) is 5.91 Å². The molecule has 0 radical (unpaired) electrons. The minimum atomic E-state index is -0.291. The monoisotopic (exact) mass is 286 g/mol. The molecule has 0 bridgehead atoms. The predicted octanol–water partition coefficient (Wildman–Crippen LogP) is -0.271. The summed E-state index contributed by atoms with van der Waals surface area (Å²) in [6.07, 6.45) is 4.34. The fraction of sp³-hybridized carbons (Fsp3) is 0.400. The Balaban J connectivity index is 2.13. The Morgan fingerprint density at radius 1 is 1.38 bits per heavy atom. The minimum absolute atomic E-state index is 0.0957. The molecule has 0 aromatic carbocycles. The molecule has 2 amide bonds. The number of carbonyl (C=O) groups is 2. The van der Waals surface area contributed by atoms with E-state index in [0.717, 1.165) is 0 Å². The zero-order valence-corrected chi connectivity index (χ0v) is 11.7. The Hall–Kier alpha value is -2.39. The molecule has 1 saturated heterocycles. The molecule has 1 aliphatic rings. The first-order chi connectivity index (χ1) is 10.1. The van der Waals surface area contributed by atoms with Crippen molar-refractivity contribution in [2.45, 2.75) is 12.8 Å². The van der Waals surface area contributed by atoms with Crippen LogP contribution < -0.4 is 11.5 Å². The molecule has 0 spiro atoms. The number of carbonyl (C=O) groups excluding carboxylic acids is 2. The second-order valence-corrected chi connectivity index (χ2v) is 4.90. The molecule has 6 nitrogen and oxygen atoms in total. The second kappa shape index (κ2) is 6.86. The number of pyridine rings is 1. The topological polar surface area (TPSA) is 102 Å². The van der Waals surface area contributed by atoms with Crippen LogP contribution in [0.2, 0.25) is 0 Å². The molecule has 21 heavy (non-hydrogen) atoms. The fourth-order valence-electron chi connectivity index (χ4n) is 2.36. The van der Waals surface area contributed by atoms with Gasteiger partial charge >= 0.3 is 0 Å². The molecule has 1 aromatic rings. The molecule has 0 unspecified atom stereocenters. The van der Waals surface area contributed by atoms with E-state index < -0.39 is 0 Å². The molecule has 0 saturated carbocycles. The summed E-state index contributed by atoms with van der Waals surface area (Å²) in [6.45, 7) is 1.28. The molecule has 1 aliphatic heterocycles. The predicted molar refractivity (Wildman–Crippen MR) is 78.0 cm³/mol. The van der Waals surface area contributed by atoms with Crippen LogP contribution in [0, 0.1) is 17.8 Å². The van der Waals surface area contributed by atoms with Gasteiger partial charge in [0.05, 0.1) is 17.7 Å². The van der Waals surface area contributed by atoms with E-state index in [9.17, 15) is 9.59 Å². The maximum Gasteiger partial charge on any atom is 0.255 e. The Labute approximate surface area is 123 Å². The zero-order chi connectivity index (χ0) is 15.2. The van der Waals surface area contributed by atoms with Gasteiger partial charge in [-0.3, -0.25) is 14.6 Å². The van der Waals surface area contributed by atoms with Gasteiger partial charge in [0.1, 0.15) is 0 Å². The third-order valence-electron chi connectivity index (χ3n) is 3.56. The van der Waals surface area contributed by atoms with Gasteiger partial charge in [0.25, 0.3) is 5.91 Å². The van der Waals surface area contributed by atoms with Crippen LogP contribution in [0.15, 0.2) is 18.5 Å². The first-order valence-electron chi connectivity index (χ1n) is 6.85. The van der Waals surface area contributed by atoms with Crippen molar-refractivity contribution in [2.24, 2.45) is 17.4 Å². The van der Waals surface area contributed by atoms with Gasteiger partial charge in [-0.2, -0.15) is 0 Å². The number of hydrogen-bond acceptors (Lipinski definition) is 4. The van der Waals surface area contributed by atoms with Crippen molar-refractivity contribution in [3.8, 4) is 11.8 Å². The van der Waals surface area contributed by atoms with Crippen LogP contribution in [0.4, 0.5) is 0 Å². The summed E-state index contributed by atoms with van der Waals surface area (Å²) in [4.78, 5) is 29.4. The van der Waals surface area contributed by atoms with E-state index in [2.05, 4.69) is 16.8 Å². The van der Waals surface area contributed by atoms with Gasteiger partial charge in [-0.05, 0) is 18.9 Å². The third-order valence-corrected chi connectivity index (χ3v) is 3.56. The van der Waals surface area contributed by atoms with E-state index in [0.29, 0.717) is 37.1 Å². The lowest BCUT2D eigenvalue weighted by atomic mass is 9.95. The zero-order valence-electron chi connectivity index (χ0n) is 11.7.